The summed E-state index contributed by atoms with van der Waals surface area (Å²) in [5.41, 5.74) is 1.07. The predicted octanol–water partition coefficient (Wildman–Crippen LogP) is 4.75. The average molecular weight is 524 g/mol. The first-order valence-electron chi connectivity index (χ1n) is 9.55. The number of aromatic nitrogens is 1. The maximum Gasteiger partial charge on any atom is 0.272 e. The molecule has 2 aromatic rings. The summed E-state index contributed by atoms with van der Waals surface area (Å²) in [6.45, 7) is 7.69. The van der Waals surface area contributed by atoms with E-state index in [1.807, 2.05) is 52.1 Å². The number of nitrogens with zero attached hydrogens (tertiary/aromatic N) is 1. The third kappa shape index (κ3) is 4.05. The second-order valence-corrected chi connectivity index (χ2v) is 9.25. The van der Waals surface area contributed by atoms with Crippen LogP contribution in [-0.2, 0) is 9.59 Å². The number of halogens is 2. The summed E-state index contributed by atoms with van der Waals surface area (Å²) in [4.78, 5) is 33.2. The molecule has 3 rings (SSSR count). The van der Waals surface area contributed by atoms with Crippen molar-refractivity contribution in [3.8, 4) is 0 Å². The van der Waals surface area contributed by atoms with Crippen LogP contribution in [-0.4, -0.2) is 28.2 Å². The van der Waals surface area contributed by atoms with Gasteiger partial charge in [-0.2, -0.15) is 0 Å². The molecule has 1 aliphatic heterocycles. The first-order valence-corrected chi connectivity index (χ1v) is 11.1. The Morgan fingerprint density at radius 1 is 1.28 bits per heavy atom. The Morgan fingerprint density at radius 3 is 2.62 bits per heavy atom. The monoisotopic (exact) mass is 522 g/mol. The van der Waals surface area contributed by atoms with E-state index in [1.165, 1.54) is 0 Å². The van der Waals surface area contributed by atoms with E-state index in [9.17, 15) is 9.59 Å². The van der Waals surface area contributed by atoms with Gasteiger partial charge in [-0.3, -0.25) is 9.59 Å². The van der Waals surface area contributed by atoms with Gasteiger partial charge in [-0.25, -0.2) is 4.99 Å². The lowest BCUT2D eigenvalue weighted by atomic mass is 9.96. The van der Waals surface area contributed by atoms with Crippen molar-refractivity contribution in [1.29, 1.82) is 0 Å². The summed E-state index contributed by atoms with van der Waals surface area (Å²) >= 11 is 7.00. The number of H-pyrrole nitrogens is 1. The summed E-state index contributed by atoms with van der Waals surface area (Å²) in [6, 6.07) is 4.00. The van der Waals surface area contributed by atoms with Gasteiger partial charge in [-0.1, -0.05) is 27.7 Å². The van der Waals surface area contributed by atoms with Crippen molar-refractivity contribution < 1.29 is 9.59 Å². The van der Waals surface area contributed by atoms with Crippen LogP contribution in [0.2, 0.25) is 0 Å². The zero-order valence-corrected chi connectivity index (χ0v) is 19.9. The van der Waals surface area contributed by atoms with Crippen LogP contribution in [0.25, 0.3) is 17.0 Å². The number of carbonyl (C=O) groups is 2. The number of fused-ring (bicyclic) bond motifs is 1. The van der Waals surface area contributed by atoms with Crippen molar-refractivity contribution in [3.05, 3.63) is 39.0 Å². The largest absolute Gasteiger partial charge is 0.361 e. The molecule has 0 saturated heterocycles. The maximum atomic E-state index is 13.0. The lowest BCUT2D eigenvalue weighted by molar-refractivity contribution is -0.131. The molecule has 0 spiro atoms. The minimum absolute atomic E-state index is 0.00274. The number of rotatable bonds is 6. The van der Waals surface area contributed by atoms with Crippen molar-refractivity contribution in [3.63, 3.8) is 0 Å². The van der Waals surface area contributed by atoms with Crippen LogP contribution in [0.5, 0.6) is 0 Å². The fourth-order valence-electron chi connectivity index (χ4n) is 3.27. The highest BCUT2D eigenvalue weighted by Gasteiger charge is 2.48. The molecule has 2 heterocycles. The van der Waals surface area contributed by atoms with Crippen LogP contribution < -0.4 is 10.6 Å². The molecule has 6 nitrogen and oxygen atoms in total. The van der Waals surface area contributed by atoms with Crippen LogP contribution in [0.4, 0.5) is 0 Å². The molecule has 2 amide bonds. The summed E-state index contributed by atoms with van der Waals surface area (Å²) < 4.78 is 1.91. The lowest BCUT2D eigenvalue weighted by Crippen LogP contribution is -2.57. The zero-order valence-electron chi connectivity index (χ0n) is 16.8. The fourth-order valence-corrected chi connectivity index (χ4v) is 3.96. The molecule has 3 N–H and O–H groups in total. The van der Waals surface area contributed by atoms with Crippen molar-refractivity contribution in [1.82, 2.24) is 15.6 Å². The SMILES string of the molecule is CCC(C)C1=NC(C(=O)N/C=C\c2c[nH]c3cc(Br)c(Br)cc23)(C(C)C)NC1=O. The van der Waals surface area contributed by atoms with Gasteiger partial charge >= 0.3 is 0 Å². The van der Waals surface area contributed by atoms with Gasteiger partial charge in [0.15, 0.2) is 0 Å². The molecule has 0 aliphatic carbocycles. The molecule has 29 heavy (non-hydrogen) atoms. The smallest absolute Gasteiger partial charge is 0.272 e. The Hall–Kier alpha value is -1.93. The molecule has 0 bridgehead atoms. The average Bonchev–Trinajstić information content (AvgIpc) is 3.23. The second kappa shape index (κ2) is 8.44. The molecule has 0 radical (unpaired) electrons. The Labute approximate surface area is 186 Å². The van der Waals surface area contributed by atoms with E-state index < -0.39 is 5.66 Å². The zero-order chi connectivity index (χ0) is 21.3. The van der Waals surface area contributed by atoms with E-state index in [1.54, 1.807) is 6.20 Å². The molecular formula is C21H24Br2N4O2. The van der Waals surface area contributed by atoms with Gasteiger partial charge < -0.3 is 15.6 Å². The summed E-state index contributed by atoms with van der Waals surface area (Å²) in [5.74, 6) is -0.802. The molecule has 1 aliphatic rings. The Balaban J connectivity index is 1.83. The van der Waals surface area contributed by atoms with Crippen LogP contribution in [0.3, 0.4) is 0 Å². The van der Waals surface area contributed by atoms with Gasteiger partial charge in [0.1, 0.15) is 5.71 Å². The van der Waals surface area contributed by atoms with E-state index in [0.29, 0.717) is 5.71 Å². The van der Waals surface area contributed by atoms with Crippen molar-refractivity contribution in [2.24, 2.45) is 16.8 Å². The van der Waals surface area contributed by atoms with Crippen LogP contribution >= 0.6 is 31.9 Å². The molecule has 0 fully saturated rings. The minimum atomic E-state index is -1.28. The number of carbonyl (C=O) groups excluding carboxylic acids is 2. The Kier molecular flexibility index (Phi) is 6.33. The highest BCUT2D eigenvalue weighted by atomic mass is 79.9. The second-order valence-electron chi connectivity index (χ2n) is 7.54. The molecule has 0 saturated carbocycles. The number of hydrogen-bond acceptors (Lipinski definition) is 3. The van der Waals surface area contributed by atoms with Gasteiger partial charge in [0.2, 0.25) is 5.66 Å². The van der Waals surface area contributed by atoms with E-state index in [-0.39, 0.29) is 23.7 Å². The van der Waals surface area contributed by atoms with Crippen LogP contribution in [0, 0.1) is 11.8 Å². The van der Waals surface area contributed by atoms with Crippen molar-refractivity contribution >= 4 is 66.4 Å². The number of benzene rings is 1. The molecule has 2 atom stereocenters. The standard InChI is InChI=1S/C21H24Br2N4O2/c1-5-12(4)18-19(28)27-21(26-18,11(2)3)20(29)24-7-6-13-10-25-17-9-16(23)15(22)8-14(13)17/h6-12,25H,5H2,1-4H3,(H,24,29)(H,27,28)/b7-6-. The molecule has 1 aromatic carbocycles. The quantitative estimate of drug-likeness (QED) is 0.510. The fraction of sp³-hybridized carbons (Fsp3) is 0.381. The van der Waals surface area contributed by atoms with E-state index in [4.69, 9.17) is 0 Å². The van der Waals surface area contributed by atoms with E-state index in [2.05, 4.69) is 52.5 Å². The summed E-state index contributed by atoms with van der Waals surface area (Å²) in [7, 11) is 0. The number of nitrogens with one attached hydrogen (secondary N) is 3. The normalized spacial score (nSPS) is 20.4. The minimum Gasteiger partial charge on any atom is -0.361 e. The number of aromatic amines is 1. The van der Waals surface area contributed by atoms with Crippen molar-refractivity contribution in [2.75, 3.05) is 0 Å². The van der Waals surface area contributed by atoms with Gasteiger partial charge in [0.05, 0.1) is 0 Å². The molecule has 154 valence electrons. The first kappa shape index (κ1) is 21.8. The maximum absolute atomic E-state index is 13.0. The first-order chi connectivity index (χ1) is 13.7. The van der Waals surface area contributed by atoms with Crippen LogP contribution in [0.15, 0.2) is 38.5 Å². The predicted molar refractivity (Wildman–Crippen MR) is 123 cm³/mol. The van der Waals surface area contributed by atoms with Gasteiger partial charge in [-0.05, 0) is 56.5 Å². The Bertz CT molecular complexity index is 1030. The Morgan fingerprint density at radius 2 is 1.97 bits per heavy atom. The number of hydrogen-bond donors (Lipinski definition) is 3. The highest BCUT2D eigenvalue weighted by molar-refractivity contribution is 9.13. The van der Waals surface area contributed by atoms with Crippen molar-refractivity contribution in [2.45, 2.75) is 39.8 Å². The van der Waals surface area contributed by atoms with Crippen LogP contribution in [0.1, 0.15) is 39.7 Å². The summed E-state index contributed by atoms with van der Waals surface area (Å²) in [6.07, 6.45) is 6.07. The van der Waals surface area contributed by atoms with Gasteiger partial charge in [0.25, 0.3) is 11.8 Å². The third-order valence-electron chi connectivity index (χ3n) is 5.33. The van der Waals surface area contributed by atoms with E-state index in [0.717, 1.165) is 31.8 Å². The lowest BCUT2D eigenvalue weighted by Gasteiger charge is -2.28. The number of aliphatic imine (C=N–C) groups is 1. The van der Waals surface area contributed by atoms with Gasteiger partial charge in [-0.15, -0.1) is 0 Å². The highest BCUT2D eigenvalue weighted by Crippen LogP contribution is 2.31. The van der Waals surface area contributed by atoms with Gasteiger partial charge in [0, 0.05) is 49.6 Å². The number of amides is 2. The molecular weight excluding hydrogens is 500 g/mol. The molecule has 2 unspecified atom stereocenters. The summed E-state index contributed by atoms with van der Waals surface area (Å²) in [5, 5.41) is 6.63. The molecule has 8 heteroatoms. The third-order valence-corrected chi connectivity index (χ3v) is 7.17. The van der Waals surface area contributed by atoms with E-state index >= 15 is 0 Å². The molecule has 1 aromatic heterocycles. The topological polar surface area (TPSA) is 86.3 Å².